The molecule has 2 N–H and O–H groups in total. The highest BCUT2D eigenvalue weighted by molar-refractivity contribution is 5.75. The van der Waals surface area contributed by atoms with E-state index in [4.69, 9.17) is 0 Å². The van der Waals surface area contributed by atoms with Gasteiger partial charge in [-0.05, 0) is 18.8 Å². The predicted molar refractivity (Wildman–Crippen MR) is 70.8 cm³/mol. The van der Waals surface area contributed by atoms with Crippen molar-refractivity contribution in [2.75, 3.05) is 32.8 Å². The first-order valence-corrected chi connectivity index (χ1v) is 7.27. The molecule has 0 aromatic rings. The fourth-order valence-electron chi connectivity index (χ4n) is 3.14. The molecule has 8 heteroatoms. The summed E-state index contributed by atoms with van der Waals surface area (Å²) in [6.07, 6.45) is -2.84. The molecule has 0 saturated carbocycles. The highest BCUT2D eigenvalue weighted by Crippen LogP contribution is 2.24. The van der Waals surface area contributed by atoms with Gasteiger partial charge in [0.05, 0.1) is 19.2 Å². The molecule has 2 aliphatic heterocycles. The van der Waals surface area contributed by atoms with E-state index in [0.717, 1.165) is 6.42 Å². The molecule has 0 bridgehead atoms. The van der Waals surface area contributed by atoms with Crippen LogP contribution in [0.15, 0.2) is 0 Å². The Morgan fingerprint density at radius 2 is 2.05 bits per heavy atom. The number of alkyl halides is 3. The molecule has 2 saturated heterocycles. The normalized spacial score (nSPS) is 30.9. The van der Waals surface area contributed by atoms with Crippen LogP contribution in [-0.2, 0) is 0 Å². The minimum Gasteiger partial charge on any atom is -0.394 e. The number of aliphatic hydroxyl groups is 1. The Morgan fingerprint density at radius 1 is 1.33 bits per heavy atom. The van der Waals surface area contributed by atoms with Gasteiger partial charge in [-0.15, -0.1) is 0 Å². The van der Waals surface area contributed by atoms with Crippen molar-refractivity contribution in [2.45, 2.75) is 38.0 Å². The Bertz CT molecular complexity index is 378. The van der Waals surface area contributed by atoms with Crippen molar-refractivity contribution < 1.29 is 23.1 Å². The molecule has 0 unspecified atom stereocenters. The van der Waals surface area contributed by atoms with Crippen molar-refractivity contribution in [3.8, 4) is 0 Å². The van der Waals surface area contributed by atoms with Crippen molar-refractivity contribution in [3.63, 3.8) is 0 Å². The van der Waals surface area contributed by atoms with E-state index in [1.54, 1.807) is 4.90 Å². The molecule has 122 valence electrons. The SMILES string of the molecule is C[C@@H]1CCN(C(=O)N[C@@H]2CCN(CC(F)(F)F)C2)[C@@H]1CO. The van der Waals surface area contributed by atoms with Gasteiger partial charge in [0.15, 0.2) is 0 Å². The lowest BCUT2D eigenvalue weighted by Gasteiger charge is -2.27. The Kier molecular flexibility index (Phi) is 4.98. The van der Waals surface area contributed by atoms with E-state index in [-0.39, 0.29) is 37.2 Å². The van der Waals surface area contributed by atoms with Crippen LogP contribution in [0, 0.1) is 5.92 Å². The number of amides is 2. The monoisotopic (exact) mass is 309 g/mol. The van der Waals surface area contributed by atoms with E-state index < -0.39 is 12.7 Å². The van der Waals surface area contributed by atoms with Gasteiger partial charge in [0.25, 0.3) is 0 Å². The predicted octanol–water partition coefficient (Wildman–Crippen LogP) is 1.04. The third-order valence-electron chi connectivity index (χ3n) is 4.33. The van der Waals surface area contributed by atoms with Crippen molar-refractivity contribution in [1.82, 2.24) is 15.1 Å². The van der Waals surface area contributed by atoms with Gasteiger partial charge in [0, 0.05) is 25.7 Å². The lowest BCUT2D eigenvalue weighted by molar-refractivity contribution is -0.143. The summed E-state index contributed by atoms with van der Waals surface area (Å²) < 4.78 is 37.0. The maximum atomic E-state index is 12.3. The van der Waals surface area contributed by atoms with Crippen LogP contribution in [-0.4, -0.2) is 72.0 Å². The largest absolute Gasteiger partial charge is 0.401 e. The first-order valence-electron chi connectivity index (χ1n) is 7.27. The average Bonchev–Trinajstić information content (AvgIpc) is 2.93. The zero-order chi connectivity index (χ0) is 15.6. The summed E-state index contributed by atoms with van der Waals surface area (Å²) in [6.45, 7) is 2.10. The van der Waals surface area contributed by atoms with Gasteiger partial charge in [-0.2, -0.15) is 13.2 Å². The first kappa shape index (κ1) is 16.4. The number of carbonyl (C=O) groups excluding carboxylic acids is 1. The molecule has 5 nitrogen and oxygen atoms in total. The van der Waals surface area contributed by atoms with E-state index in [0.29, 0.717) is 19.5 Å². The fraction of sp³-hybridized carbons (Fsp3) is 0.923. The zero-order valence-electron chi connectivity index (χ0n) is 12.1. The minimum absolute atomic E-state index is 0.0839. The number of nitrogens with one attached hydrogen (secondary N) is 1. The van der Waals surface area contributed by atoms with Crippen LogP contribution < -0.4 is 5.32 Å². The van der Waals surface area contributed by atoms with E-state index in [1.807, 2.05) is 6.92 Å². The summed E-state index contributed by atoms with van der Waals surface area (Å²) in [7, 11) is 0. The van der Waals surface area contributed by atoms with Gasteiger partial charge in [-0.1, -0.05) is 6.92 Å². The van der Waals surface area contributed by atoms with E-state index >= 15 is 0 Å². The van der Waals surface area contributed by atoms with Crippen LogP contribution in [0.4, 0.5) is 18.0 Å². The molecule has 2 fully saturated rings. The Morgan fingerprint density at radius 3 is 2.67 bits per heavy atom. The number of carbonyl (C=O) groups is 1. The van der Waals surface area contributed by atoms with Crippen LogP contribution in [0.1, 0.15) is 19.8 Å². The zero-order valence-corrected chi connectivity index (χ0v) is 12.1. The summed E-state index contributed by atoms with van der Waals surface area (Å²) in [5.74, 6) is 0.242. The molecule has 0 spiro atoms. The van der Waals surface area contributed by atoms with Crippen LogP contribution in [0.2, 0.25) is 0 Å². The smallest absolute Gasteiger partial charge is 0.394 e. The lowest BCUT2D eigenvalue weighted by atomic mass is 10.0. The molecule has 0 aromatic carbocycles. The van der Waals surface area contributed by atoms with Crippen LogP contribution in [0.3, 0.4) is 0 Å². The maximum absolute atomic E-state index is 12.3. The molecule has 2 aliphatic rings. The molecular weight excluding hydrogens is 287 g/mol. The second-order valence-corrected chi connectivity index (χ2v) is 5.99. The van der Waals surface area contributed by atoms with Gasteiger partial charge in [0.2, 0.25) is 0 Å². The first-order chi connectivity index (χ1) is 9.80. The minimum atomic E-state index is -4.20. The summed E-state index contributed by atoms with van der Waals surface area (Å²) in [6, 6.07) is -0.731. The van der Waals surface area contributed by atoms with Crippen LogP contribution in [0.5, 0.6) is 0 Å². The van der Waals surface area contributed by atoms with Crippen LogP contribution >= 0.6 is 0 Å². The third-order valence-corrected chi connectivity index (χ3v) is 4.33. The van der Waals surface area contributed by atoms with Gasteiger partial charge < -0.3 is 15.3 Å². The summed E-state index contributed by atoms with van der Waals surface area (Å²) in [5.41, 5.74) is 0. The molecule has 0 radical (unpaired) electrons. The standard InChI is InChI=1S/C13H22F3N3O2/c1-9-2-5-19(11(9)7-20)12(21)17-10-3-4-18(6-10)8-13(14,15)16/h9-11,20H,2-8H2,1H3,(H,17,21)/t9-,10-,11-/m1/s1. The van der Waals surface area contributed by atoms with Gasteiger partial charge in [-0.25, -0.2) is 4.79 Å². The highest BCUT2D eigenvalue weighted by atomic mass is 19.4. The summed E-state index contributed by atoms with van der Waals surface area (Å²) in [4.78, 5) is 15.1. The van der Waals surface area contributed by atoms with E-state index in [1.165, 1.54) is 4.90 Å². The van der Waals surface area contributed by atoms with Crippen molar-refractivity contribution in [1.29, 1.82) is 0 Å². The molecule has 2 heterocycles. The molecule has 3 atom stereocenters. The number of rotatable bonds is 3. The van der Waals surface area contributed by atoms with E-state index in [2.05, 4.69) is 5.32 Å². The van der Waals surface area contributed by atoms with Crippen LogP contribution in [0.25, 0.3) is 0 Å². The highest BCUT2D eigenvalue weighted by Gasteiger charge is 2.37. The van der Waals surface area contributed by atoms with Gasteiger partial charge in [-0.3, -0.25) is 4.90 Å². The molecule has 2 rings (SSSR count). The van der Waals surface area contributed by atoms with E-state index in [9.17, 15) is 23.1 Å². The van der Waals surface area contributed by atoms with Gasteiger partial charge >= 0.3 is 12.2 Å². The quantitative estimate of drug-likeness (QED) is 0.819. The van der Waals surface area contributed by atoms with Crippen molar-refractivity contribution in [3.05, 3.63) is 0 Å². The second kappa shape index (κ2) is 6.39. The number of aliphatic hydroxyl groups excluding tert-OH is 1. The average molecular weight is 309 g/mol. The fourth-order valence-corrected chi connectivity index (χ4v) is 3.14. The van der Waals surface area contributed by atoms with Crippen molar-refractivity contribution in [2.24, 2.45) is 5.92 Å². The number of hydrogen-bond donors (Lipinski definition) is 2. The Labute approximate surface area is 122 Å². The molecule has 0 aliphatic carbocycles. The number of urea groups is 1. The number of hydrogen-bond acceptors (Lipinski definition) is 3. The second-order valence-electron chi connectivity index (χ2n) is 5.99. The topological polar surface area (TPSA) is 55.8 Å². The molecule has 21 heavy (non-hydrogen) atoms. The molecule has 0 aromatic heterocycles. The van der Waals surface area contributed by atoms with Gasteiger partial charge in [0.1, 0.15) is 0 Å². The molecule has 2 amide bonds. The van der Waals surface area contributed by atoms with Crippen molar-refractivity contribution >= 4 is 6.03 Å². The molecular formula is C13H22F3N3O2. The summed E-state index contributed by atoms with van der Waals surface area (Å²) >= 11 is 0. The third kappa shape index (κ3) is 4.23. The maximum Gasteiger partial charge on any atom is 0.401 e. The number of likely N-dealkylation sites (tertiary alicyclic amines) is 2. The number of halogens is 3. The summed E-state index contributed by atoms with van der Waals surface area (Å²) in [5, 5.41) is 12.1. The Balaban J connectivity index is 1.82. The Hall–Kier alpha value is -1.02. The number of nitrogens with zero attached hydrogens (tertiary/aromatic N) is 2. The lowest BCUT2D eigenvalue weighted by Crippen LogP contribution is -2.49.